The monoisotopic (exact) mass is 405 g/mol. The lowest BCUT2D eigenvalue weighted by atomic mass is 9.95. The summed E-state index contributed by atoms with van der Waals surface area (Å²) >= 11 is 0. The van der Waals surface area contributed by atoms with Gasteiger partial charge in [-0.3, -0.25) is 4.90 Å². The third-order valence-electron chi connectivity index (χ3n) is 6.68. The zero-order valence-electron chi connectivity index (χ0n) is 18.9. The fraction of sp³-hybridized carbons (Fsp3) is 0.462. The summed E-state index contributed by atoms with van der Waals surface area (Å²) in [6.45, 7) is 18.2. The normalized spacial score (nSPS) is 17.6. The topological polar surface area (TPSA) is 30.0 Å². The van der Waals surface area contributed by atoms with Gasteiger partial charge in [-0.15, -0.1) is 0 Å². The van der Waals surface area contributed by atoms with E-state index in [0.717, 1.165) is 68.2 Å². The van der Waals surface area contributed by atoms with Crippen LogP contribution in [0.15, 0.2) is 36.9 Å². The molecule has 1 saturated heterocycles. The molecule has 2 aromatic carbocycles. The van der Waals surface area contributed by atoms with E-state index in [2.05, 4.69) is 73.4 Å². The summed E-state index contributed by atoms with van der Waals surface area (Å²) < 4.78 is 0. The first-order chi connectivity index (χ1) is 14.3. The van der Waals surface area contributed by atoms with Crippen LogP contribution in [-0.2, 0) is 19.6 Å². The minimum atomic E-state index is 0.282. The van der Waals surface area contributed by atoms with Gasteiger partial charge in [0, 0.05) is 57.1 Å². The van der Waals surface area contributed by atoms with Gasteiger partial charge in [-0.1, -0.05) is 38.6 Å². The lowest BCUT2D eigenvalue weighted by Crippen LogP contribution is -2.43. The van der Waals surface area contributed by atoms with Crippen LogP contribution in [0.2, 0.25) is 0 Å². The van der Waals surface area contributed by atoms with Crippen molar-refractivity contribution in [3.05, 3.63) is 70.3 Å². The van der Waals surface area contributed by atoms with Crippen molar-refractivity contribution in [3.63, 3.8) is 0 Å². The van der Waals surface area contributed by atoms with E-state index in [-0.39, 0.29) is 5.92 Å². The molecule has 0 radical (unpaired) electrons. The highest BCUT2D eigenvalue weighted by atomic mass is 16.3. The Labute approximate surface area is 181 Å². The Hall–Kier alpha value is -2.30. The van der Waals surface area contributed by atoms with E-state index in [9.17, 15) is 5.11 Å². The molecular weight excluding hydrogens is 370 g/mol. The Bertz CT molecular complexity index is 942. The van der Waals surface area contributed by atoms with Crippen LogP contribution in [0.5, 0.6) is 5.75 Å². The van der Waals surface area contributed by atoms with Crippen LogP contribution in [-0.4, -0.2) is 53.0 Å². The van der Waals surface area contributed by atoms with E-state index >= 15 is 0 Å². The van der Waals surface area contributed by atoms with Crippen molar-refractivity contribution in [3.8, 4) is 5.75 Å². The standard InChI is InChI=1S/C26H35N3O/c1-18(2)24-14-25(19(3)12-26(24)30)20(4)29-16-22-7-6-21(13-23(22)17-29)15-28-10-8-27(5)9-11-28/h6-7,12-14,18,30H,4,8-11,15-17H2,1-3,5H3. The summed E-state index contributed by atoms with van der Waals surface area (Å²) in [6.07, 6.45) is 0. The van der Waals surface area contributed by atoms with E-state index in [1.165, 1.54) is 16.7 Å². The van der Waals surface area contributed by atoms with E-state index < -0.39 is 0 Å². The second-order valence-corrected chi connectivity index (χ2v) is 9.37. The largest absolute Gasteiger partial charge is 0.508 e. The van der Waals surface area contributed by atoms with Gasteiger partial charge in [-0.05, 0) is 59.8 Å². The first-order valence-corrected chi connectivity index (χ1v) is 11.1. The van der Waals surface area contributed by atoms with Crippen LogP contribution in [0.3, 0.4) is 0 Å². The molecule has 30 heavy (non-hydrogen) atoms. The second-order valence-electron chi connectivity index (χ2n) is 9.37. The number of phenolic OH excluding ortho intramolecular Hbond substituents is 1. The molecule has 0 bridgehead atoms. The van der Waals surface area contributed by atoms with Gasteiger partial charge >= 0.3 is 0 Å². The van der Waals surface area contributed by atoms with Crippen molar-refractivity contribution in [2.75, 3.05) is 33.2 Å². The Morgan fingerprint density at radius 2 is 1.73 bits per heavy atom. The fourth-order valence-electron chi connectivity index (χ4n) is 4.65. The molecule has 0 aliphatic carbocycles. The van der Waals surface area contributed by atoms with Gasteiger partial charge < -0.3 is 14.9 Å². The van der Waals surface area contributed by atoms with Crippen LogP contribution in [0.4, 0.5) is 0 Å². The van der Waals surface area contributed by atoms with Gasteiger partial charge in [-0.2, -0.15) is 0 Å². The van der Waals surface area contributed by atoms with Gasteiger partial charge in [0.15, 0.2) is 0 Å². The highest BCUT2D eigenvalue weighted by Crippen LogP contribution is 2.35. The number of piperazine rings is 1. The molecule has 2 aliphatic heterocycles. The Balaban J connectivity index is 1.48. The van der Waals surface area contributed by atoms with Crippen molar-refractivity contribution >= 4 is 5.70 Å². The summed E-state index contributed by atoms with van der Waals surface area (Å²) in [4.78, 5) is 7.33. The van der Waals surface area contributed by atoms with Crippen LogP contribution >= 0.6 is 0 Å². The van der Waals surface area contributed by atoms with Gasteiger partial charge in [0.1, 0.15) is 5.75 Å². The van der Waals surface area contributed by atoms with Gasteiger partial charge in [-0.25, -0.2) is 0 Å². The number of likely N-dealkylation sites (N-methyl/N-ethyl adjacent to an activating group) is 1. The number of benzene rings is 2. The minimum absolute atomic E-state index is 0.282. The predicted octanol–water partition coefficient (Wildman–Crippen LogP) is 4.56. The third kappa shape index (κ3) is 4.26. The van der Waals surface area contributed by atoms with Crippen LogP contribution < -0.4 is 0 Å². The highest BCUT2D eigenvalue weighted by molar-refractivity contribution is 5.68. The van der Waals surface area contributed by atoms with Crippen LogP contribution in [0, 0.1) is 6.92 Å². The Kier molecular flexibility index (Phi) is 5.90. The van der Waals surface area contributed by atoms with Crippen molar-refractivity contribution in [1.82, 2.24) is 14.7 Å². The number of nitrogens with zero attached hydrogens (tertiary/aromatic N) is 3. The summed E-state index contributed by atoms with van der Waals surface area (Å²) in [5.41, 5.74) is 8.49. The number of hydrogen-bond donors (Lipinski definition) is 1. The quantitative estimate of drug-likeness (QED) is 0.790. The van der Waals surface area contributed by atoms with Crippen LogP contribution in [0.25, 0.3) is 5.70 Å². The molecule has 0 aromatic heterocycles. The third-order valence-corrected chi connectivity index (χ3v) is 6.68. The van der Waals surface area contributed by atoms with Crippen molar-refractivity contribution in [2.24, 2.45) is 0 Å². The summed E-state index contributed by atoms with van der Waals surface area (Å²) in [5.74, 6) is 0.669. The predicted molar refractivity (Wildman–Crippen MR) is 124 cm³/mol. The Morgan fingerprint density at radius 3 is 2.43 bits per heavy atom. The molecule has 4 rings (SSSR count). The number of phenols is 1. The molecule has 2 aliphatic rings. The van der Waals surface area contributed by atoms with Gasteiger partial charge in [0.2, 0.25) is 0 Å². The molecule has 2 heterocycles. The molecule has 4 heteroatoms. The molecule has 0 atom stereocenters. The van der Waals surface area contributed by atoms with Crippen molar-refractivity contribution in [2.45, 2.75) is 46.3 Å². The second kappa shape index (κ2) is 8.44. The Morgan fingerprint density at radius 1 is 1.03 bits per heavy atom. The summed E-state index contributed by atoms with van der Waals surface area (Å²) in [5, 5.41) is 10.3. The summed E-state index contributed by atoms with van der Waals surface area (Å²) in [7, 11) is 2.20. The molecule has 0 spiro atoms. The fourth-order valence-corrected chi connectivity index (χ4v) is 4.65. The highest BCUT2D eigenvalue weighted by Gasteiger charge is 2.23. The van der Waals surface area contributed by atoms with E-state index in [4.69, 9.17) is 0 Å². The van der Waals surface area contributed by atoms with E-state index in [1.807, 2.05) is 6.07 Å². The first-order valence-electron chi connectivity index (χ1n) is 11.1. The summed E-state index contributed by atoms with van der Waals surface area (Å²) in [6, 6.07) is 11.0. The maximum Gasteiger partial charge on any atom is 0.119 e. The number of rotatable bonds is 5. The van der Waals surface area contributed by atoms with Crippen molar-refractivity contribution < 1.29 is 5.11 Å². The molecule has 1 fully saturated rings. The van der Waals surface area contributed by atoms with E-state index in [1.54, 1.807) is 0 Å². The number of hydrogen-bond acceptors (Lipinski definition) is 4. The lowest BCUT2D eigenvalue weighted by Gasteiger charge is -2.32. The number of aryl methyl sites for hydroxylation is 1. The molecule has 2 aromatic rings. The average Bonchev–Trinajstić information content (AvgIpc) is 3.12. The number of aromatic hydroxyl groups is 1. The average molecular weight is 406 g/mol. The molecule has 0 amide bonds. The molecule has 0 unspecified atom stereocenters. The van der Waals surface area contributed by atoms with Crippen LogP contribution in [0.1, 0.15) is 53.1 Å². The number of fused-ring (bicyclic) bond motifs is 1. The SMILES string of the molecule is C=C(c1cc(C(C)C)c(O)cc1C)N1Cc2ccc(CN3CCN(C)CC3)cc2C1. The molecular formula is C26H35N3O. The maximum atomic E-state index is 10.3. The van der Waals surface area contributed by atoms with Gasteiger partial charge in [0.05, 0.1) is 0 Å². The zero-order valence-corrected chi connectivity index (χ0v) is 18.9. The lowest BCUT2D eigenvalue weighted by molar-refractivity contribution is 0.148. The molecule has 160 valence electrons. The van der Waals surface area contributed by atoms with Gasteiger partial charge in [0.25, 0.3) is 0 Å². The molecule has 1 N–H and O–H groups in total. The first kappa shape index (κ1) is 21.0. The van der Waals surface area contributed by atoms with E-state index in [0.29, 0.717) is 5.75 Å². The van der Waals surface area contributed by atoms with Crippen molar-refractivity contribution in [1.29, 1.82) is 0 Å². The molecule has 0 saturated carbocycles. The molecule has 4 nitrogen and oxygen atoms in total. The zero-order chi connectivity index (χ0) is 21.4. The smallest absolute Gasteiger partial charge is 0.119 e. The minimum Gasteiger partial charge on any atom is -0.508 e. The maximum absolute atomic E-state index is 10.3.